The zero-order valence-electron chi connectivity index (χ0n) is 12.7. The maximum atomic E-state index is 12.6. The molecule has 3 nitrogen and oxygen atoms in total. The monoisotopic (exact) mass is 332 g/mol. The molecular formula is C17H17ClN2OS. The van der Waals surface area contributed by atoms with Crippen LogP contribution in [-0.4, -0.2) is 10.5 Å². The molecule has 2 aromatic heterocycles. The van der Waals surface area contributed by atoms with E-state index in [2.05, 4.69) is 29.8 Å². The Morgan fingerprint density at radius 1 is 1.27 bits per heavy atom. The minimum Gasteiger partial charge on any atom is -0.333 e. The lowest BCUT2D eigenvalue weighted by Crippen LogP contribution is -2.18. The Balaban J connectivity index is 1.96. The van der Waals surface area contributed by atoms with E-state index >= 15 is 0 Å². The summed E-state index contributed by atoms with van der Waals surface area (Å²) in [5, 5.41) is 5.63. The number of anilines is 1. The van der Waals surface area contributed by atoms with Crippen molar-refractivity contribution in [2.24, 2.45) is 0 Å². The van der Waals surface area contributed by atoms with E-state index in [0.29, 0.717) is 16.4 Å². The molecule has 0 unspecified atom stereocenters. The Morgan fingerprint density at radius 2 is 2.05 bits per heavy atom. The van der Waals surface area contributed by atoms with Gasteiger partial charge >= 0.3 is 0 Å². The summed E-state index contributed by atoms with van der Waals surface area (Å²) in [6.45, 7) is 6.10. The summed E-state index contributed by atoms with van der Waals surface area (Å²) in [4.78, 5) is 12.6. The molecule has 114 valence electrons. The summed E-state index contributed by atoms with van der Waals surface area (Å²) in [5.74, 6) is -0.114. The van der Waals surface area contributed by atoms with Crippen LogP contribution in [0.25, 0.3) is 10.2 Å². The van der Waals surface area contributed by atoms with Gasteiger partial charge in [0.1, 0.15) is 5.69 Å². The number of aryl methyl sites for hydroxylation is 1. The number of fused-ring (bicyclic) bond motifs is 1. The second-order valence-corrected chi connectivity index (χ2v) is 6.94. The molecule has 0 aliphatic heterocycles. The van der Waals surface area contributed by atoms with Crippen LogP contribution >= 0.6 is 22.9 Å². The molecule has 0 saturated heterocycles. The molecule has 22 heavy (non-hydrogen) atoms. The number of rotatable bonds is 3. The minimum atomic E-state index is -0.114. The molecule has 0 radical (unpaired) electrons. The Morgan fingerprint density at radius 3 is 2.73 bits per heavy atom. The first-order chi connectivity index (χ1) is 10.5. The lowest BCUT2D eigenvalue weighted by Gasteiger charge is -2.14. The van der Waals surface area contributed by atoms with Crippen molar-refractivity contribution in [3.05, 3.63) is 52.0 Å². The number of carbonyl (C=O) groups excluding carboxylic acids is 1. The molecule has 0 atom stereocenters. The van der Waals surface area contributed by atoms with Gasteiger partial charge < -0.3 is 9.88 Å². The fraction of sp³-hybridized carbons (Fsp3) is 0.235. The zero-order chi connectivity index (χ0) is 15.9. The van der Waals surface area contributed by atoms with E-state index in [0.717, 1.165) is 15.8 Å². The van der Waals surface area contributed by atoms with E-state index in [1.165, 1.54) is 0 Å². The van der Waals surface area contributed by atoms with E-state index in [-0.39, 0.29) is 11.9 Å². The molecule has 0 spiro atoms. The number of hydrogen-bond acceptors (Lipinski definition) is 2. The summed E-state index contributed by atoms with van der Waals surface area (Å²) in [5.41, 5.74) is 3.48. The molecule has 1 N–H and O–H groups in total. The van der Waals surface area contributed by atoms with Gasteiger partial charge in [-0.25, -0.2) is 0 Å². The number of aromatic nitrogens is 1. The zero-order valence-corrected chi connectivity index (χ0v) is 14.3. The highest BCUT2D eigenvalue weighted by atomic mass is 35.5. The SMILES string of the molecule is Cc1ccc(NC(=O)c2cc3sccc3n2C(C)C)cc1Cl. The number of nitrogens with zero attached hydrogens (tertiary/aromatic N) is 1. The number of carbonyl (C=O) groups is 1. The van der Waals surface area contributed by atoms with E-state index in [4.69, 9.17) is 11.6 Å². The predicted octanol–water partition coefficient (Wildman–Crippen LogP) is 5.50. The molecule has 0 bridgehead atoms. The van der Waals surface area contributed by atoms with Gasteiger partial charge in [-0.1, -0.05) is 17.7 Å². The van der Waals surface area contributed by atoms with Gasteiger partial charge in [-0.15, -0.1) is 11.3 Å². The maximum absolute atomic E-state index is 12.6. The molecule has 0 saturated carbocycles. The summed E-state index contributed by atoms with van der Waals surface area (Å²) < 4.78 is 3.19. The number of thiophene rings is 1. The fourth-order valence-corrected chi connectivity index (χ4v) is 3.53. The van der Waals surface area contributed by atoms with Crippen molar-refractivity contribution >= 4 is 44.7 Å². The maximum Gasteiger partial charge on any atom is 0.272 e. The van der Waals surface area contributed by atoms with Gasteiger partial charge in [0.05, 0.1) is 10.2 Å². The van der Waals surface area contributed by atoms with Gasteiger partial charge in [0.25, 0.3) is 5.91 Å². The topological polar surface area (TPSA) is 34.0 Å². The Hall–Kier alpha value is -1.78. The third-order valence-corrected chi connectivity index (χ3v) is 4.90. The number of hydrogen-bond donors (Lipinski definition) is 1. The van der Waals surface area contributed by atoms with Crippen LogP contribution < -0.4 is 5.32 Å². The average Bonchev–Trinajstić information content (AvgIpc) is 3.02. The molecule has 3 rings (SSSR count). The van der Waals surface area contributed by atoms with Crippen molar-refractivity contribution in [3.8, 4) is 0 Å². The van der Waals surface area contributed by atoms with Gasteiger partial charge in [-0.05, 0) is 56.0 Å². The highest BCUT2D eigenvalue weighted by molar-refractivity contribution is 7.17. The lowest BCUT2D eigenvalue weighted by molar-refractivity contribution is 0.101. The van der Waals surface area contributed by atoms with Crippen LogP contribution in [0.5, 0.6) is 0 Å². The molecule has 0 fully saturated rings. The molecule has 2 heterocycles. The number of amides is 1. The van der Waals surface area contributed by atoms with Gasteiger partial charge in [0.2, 0.25) is 0 Å². The summed E-state index contributed by atoms with van der Waals surface area (Å²) in [6, 6.07) is 9.77. The lowest BCUT2D eigenvalue weighted by atomic mass is 10.2. The van der Waals surface area contributed by atoms with Crippen LogP contribution in [0.4, 0.5) is 5.69 Å². The third kappa shape index (κ3) is 2.64. The third-order valence-electron chi connectivity index (χ3n) is 3.64. The first-order valence-corrected chi connectivity index (χ1v) is 8.39. The van der Waals surface area contributed by atoms with Crippen molar-refractivity contribution in [2.45, 2.75) is 26.8 Å². The highest BCUT2D eigenvalue weighted by Gasteiger charge is 2.18. The Bertz CT molecular complexity index is 848. The molecular weight excluding hydrogens is 316 g/mol. The van der Waals surface area contributed by atoms with Crippen LogP contribution in [0.1, 0.15) is 35.9 Å². The van der Waals surface area contributed by atoms with Crippen LogP contribution in [0.15, 0.2) is 35.7 Å². The quantitative estimate of drug-likeness (QED) is 0.675. The van der Waals surface area contributed by atoms with Crippen LogP contribution in [0, 0.1) is 6.92 Å². The van der Waals surface area contributed by atoms with Gasteiger partial charge in [0.15, 0.2) is 0 Å². The first-order valence-electron chi connectivity index (χ1n) is 7.13. The standard InChI is InChI=1S/C17H17ClN2OS/c1-10(2)20-14-6-7-22-16(14)9-15(20)17(21)19-12-5-4-11(3)13(18)8-12/h4-10H,1-3H3,(H,19,21). The van der Waals surface area contributed by atoms with Crippen LogP contribution in [-0.2, 0) is 0 Å². The second kappa shape index (κ2) is 5.78. The molecule has 0 aliphatic rings. The van der Waals surface area contributed by atoms with Crippen molar-refractivity contribution in [1.29, 1.82) is 0 Å². The Labute approximate surface area is 138 Å². The van der Waals surface area contributed by atoms with E-state index in [1.807, 2.05) is 30.5 Å². The molecule has 5 heteroatoms. The second-order valence-electron chi connectivity index (χ2n) is 5.58. The van der Waals surface area contributed by atoms with Crippen molar-refractivity contribution in [3.63, 3.8) is 0 Å². The van der Waals surface area contributed by atoms with Crippen molar-refractivity contribution < 1.29 is 4.79 Å². The van der Waals surface area contributed by atoms with Gasteiger partial charge in [0, 0.05) is 16.8 Å². The fourth-order valence-electron chi connectivity index (χ4n) is 2.54. The number of halogens is 1. The number of benzene rings is 1. The first kappa shape index (κ1) is 15.1. The predicted molar refractivity (Wildman–Crippen MR) is 94.3 cm³/mol. The van der Waals surface area contributed by atoms with Gasteiger partial charge in [-0.2, -0.15) is 0 Å². The average molecular weight is 333 g/mol. The van der Waals surface area contributed by atoms with Crippen LogP contribution in [0.2, 0.25) is 5.02 Å². The highest BCUT2D eigenvalue weighted by Crippen LogP contribution is 2.29. The summed E-state index contributed by atoms with van der Waals surface area (Å²) in [6.07, 6.45) is 0. The van der Waals surface area contributed by atoms with Crippen molar-refractivity contribution in [1.82, 2.24) is 4.57 Å². The molecule has 1 amide bonds. The summed E-state index contributed by atoms with van der Waals surface area (Å²) in [7, 11) is 0. The van der Waals surface area contributed by atoms with Crippen LogP contribution in [0.3, 0.4) is 0 Å². The van der Waals surface area contributed by atoms with Gasteiger partial charge in [-0.3, -0.25) is 4.79 Å². The largest absolute Gasteiger partial charge is 0.333 e. The summed E-state index contributed by atoms with van der Waals surface area (Å²) >= 11 is 7.76. The van der Waals surface area contributed by atoms with E-state index in [1.54, 1.807) is 17.4 Å². The normalized spacial score (nSPS) is 11.3. The van der Waals surface area contributed by atoms with E-state index < -0.39 is 0 Å². The smallest absolute Gasteiger partial charge is 0.272 e. The van der Waals surface area contributed by atoms with Crippen molar-refractivity contribution in [2.75, 3.05) is 5.32 Å². The Kier molecular flexibility index (Phi) is 3.98. The molecule has 1 aromatic carbocycles. The van der Waals surface area contributed by atoms with E-state index in [9.17, 15) is 4.79 Å². The number of nitrogens with one attached hydrogen (secondary N) is 1. The minimum absolute atomic E-state index is 0.114. The molecule has 0 aliphatic carbocycles. The molecule has 3 aromatic rings.